The monoisotopic (exact) mass is 626 g/mol. The molecule has 1 N–H and O–H groups in total. The number of hydrogen-bond donors (Lipinski definition) is 1. The van der Waals surface area contributed by atoms with Gasteiger partial charge in [0.05, 0.1) is 11.1 Å². The van der Waals surface area contributed by atoms with Crippen molar-refractivity contribution in [2.24, 2.45) is 0 Å². The van der Waals surface area contributed by atoms with Crippen molar-refractivity contribution in [2.45, 2.75) is 71.6 Å². The number of benzene rings is 2. The van der Waals surface area contributed by atoms with Crippen LogP contribution in [0.4, 0.5) is 17.6 Å². The zero-order valence-corrected chi connectivity index (χ0v) is 24.2. The van der Waals surface area contributed by atoms with Gasteiger partial charge >= 0.3 is 0 Å². The normalized spacial score (nSPS) is 14.8. The second-order valence-electron chi connectivity index (χ2n) is 10.4. The van der Waals surface area contributed by atoms with Gasteiger partial charge in [0.25, 0.3) is 11.1 Å². The number of rotatable bonds is 2. The summed E-state index contributed by atoms with van der Waals surface area (Å²) in [6.07, 6.45) is 5.57. The molecule has 0 radical (unpaired) electrons. The molecule has 224 valence electrons. The highest BCUT2D eigenvalue weighted by atomic mass is 35.5. The van der Waals surface area contributed by atoms with E-state index in [1.165, 1.54) is 17.7 Å². The summed E-state index contributed by atoms with van der Waals surface area (Å²) < 4.78 is 60.9. The fraction of sp³-hybridized carbons (Fsp3) is 0.379. The molecule has 2 aromatic carbocycles. The Morgan fingerprint density at radius 1 is 0.595 bits per heavy atom. The van der Waals surface area contributed by atoms with Crippen LogP contribution in [0.1, 0.15) is 44.1 Å². The van der Waals surface area contributed by atoms with Crippen LogP contribution >= 0.6 is 23.2 Å². The minimum Gasteiger partial charge on any atom is -0.505 e. The second-order valence-corrected chi connectivity index (χ2v) is 11.1. The van der Waals surface area contributed by atoms with Crippen molar-refractivity contribution in [1.29, 1.82) is 0 Å². The third-order valence-electron chi connectivity index (χ3n) is 7.65. The first-order valence-electron chi connectivity index (χ1n) is 13.6. The Balaban J connectivity index is 0.000000168. The molecule has 4 heterocycles. The van der Waals surface area contributed by atoms with E-state index in [9.17, 15) is 32.3 Å². The van der Waals surface area contributed by atoms with Crippen molar-refractivity contribution in [3.05, 3.63) is 84.1 Å². The van der Waals surface area contributed by atoms with Crippen LogP contribution in [-0.4, -0.2) is 23.8 Å². The van der Waals surface area contributed by atoms with Gasteiger partial charge in [0.1, 0.15) is 27.8 Å². The SMILES string of the molecule is Cc1cc(-c2c(Cl)n3n(c2=O)CCCCC3)c(F)cc1F.O=c1c(-c2cc(O)c(F)cc2F)c(Cl)n2n1CCCCC2. The van der Waals surface area contributed by atoms with Gasteiger partial charge in [0.15, 0.2) is 11.6 Å². The molecular weight excluding hydrogens is 599 g/mol. The molecule has 0 saturated heterocycles. The number of nitrogens with zero attached hydrogens (tertiary/aromatic N) is 4. The molecule has 0 saturated carbocycles. The highest BCUT2D eigenvalue weighted by Crippen LogP contribution is 2.33. The van der Waals surface area contributed by atoms with E-state index in [0.717, 1.165) is 50.7 Å². The van der Waals surface area contributed by atoms with E-state index >= 15 is 0 Å². The van der Waals surface area contributed by atoms with Crippen LogP contribution in [0.2, 0.25) is 10.3 Å². The first-order valence-corrected chi connectivity index (χ1v) is 14.4. The van der Waals surface area contributed by atoms with Crippen LogP contribution in [0.3, 0.4) is 0 Å². The van der Waals surface area contributed by atoms with Gasteiger partial charge in [0, 0.05) is 49.4 Å². The lowest BCUT2D eigenvalue weighted by Crippen LogP contribution is -2.22. The van der Waals surface area contributed by atoms with Crippen LogP contribution in [0.15, 0.2) is 33.9 Å². The highest BCUT2D eigenvalue weighted by Gasteiger charge is 2.25. The molecule has 0 unspecified atom stereocenters. The number of phenols is 1. The molecule has 0 bridgehead atoms. The summed E-state index contributed by atoms with van der Waals surface area (Å²) in [5.74, 6) is -4.11. The number of aryl methyl sites for hydroxylation is 1. The Kier molecular flexibility index (Phi) is 8.61. The minimum absolute atomic E-state index is 0.0358. The average molecular weight is 627 g/mol. The van der Waals surface area contributed by atoms with Gasteiger partial charge in [-0.2, -0.15) is 0 Å². The lowest BCUT2D eigenvalue weighted by atomic mass is 10.1. The summed E-state index contributed by atoms with van der Waals surface area (Å²) in [5.41, 5.74) is -0.480. The molecule has 2 aliphatic rings. The van der Waals surface area contributed by atoms with Crippen molar-refractivity contribution in [3.8, 4) is 28.0 Å². The Labute approximate surface area is 248 Å². The van der Waals surface area contributed by atoms with Gasteiger partial charge in [-0.05, 0) is 63.1 Å². The lowest BCUT2D eigenvalue weighted by Gasteiger charge is -2.07. The molecule has 0 atom stereocenters. The largest absolute Gasteiger partial charge is 0.505 e. The number of fused-ring (bicyclic) bond motifs is 2. The van der Waals surface area contributed by atoms with Crippen LogP contribution in [0, 0.1) is 30.2 Å². The van der Waals surface area contributed by atoms with Gasteiger partial charge in [-0.15, -0.1) is 0 Å². The maximum absolute atomic E-state index is 14.1. The van der Waals surface area contributed by atoms with E-state index in [4.69, 9.17) is 23.2 Å². The zero-order valence-electron chi connectivity index (χ0n) is 22.7. The maximum atomic E-state index is 14.1. The predicted molar refractivity (Wildman–Crippen MR) is 152 cm³/mol. The average Bonchev–Trinajstić information content (AvgIpc) is 3.19. The summed E-state index contributed by atoms with van der Waals surface area (Å²) in [4.78, 5) is 25.0. The molecule has 6 rings (SSSR count). The van der Waals surface area contributed by atoms with Crippen LogP contribution < -0.4 is 11.1 Å². The summed E-state index contributed by atoms with van der Waals surface area (Å²) in [7, 11) is 0. The number of halogens is 6. The second kappa shape index (κ2) is 12.0. The van der Waals surface area contributed by atoms with Crippen molar-refractivity contribution < 1.29 is 22.7 Å². The zero-order chi connectivity index (χ0) is 30.3. The van der Waals surface area contributed by atoms with Gasteiger partial charge in [-0.1, -0.05) is 23.2 Å². The standard InChI is InChI=1S/C15H15ClF2N2O.C14H13ClF2N2O2/c1-9-7-10(12(18)8-11(9)17)13-14(16)19-5-3-2-4-6-20(19)15(13)21;15-13-12(8-6-11(20)10(17)7-9(8)16)14(21)19-5-3-1-2-4-18(13)19/h7-8H,2-6H2,1H3;6-7,20H,1-5H2. The molecule has 0 fully saturated rings. The molecule has 13 heteroatoms. The summed E-state index contributed by atoms with van der Waals surface area (Å²) in [6.45, 7) is 3.82. The van der Waals surface area contributed by atoms with E-state index in [2.05, 4.69) is 0 Å². The smallest absolute Gasteiger partial charge is 0.276 e. The third kappa shape index (κ3) is 5.40. The summed E-state index contributed by atoms with van der Waals surface area (Å²) in [5, 5.41) is 9.76. The van der Waals surface area contributed by atoms with Crippen LogP contribution in [-0.2, 0) is 26.2 Å². The van der Waals surface area contributed by atoms with Crippen LogP contribution in [0.5, 0.6) is 5.75 Å². The van der Waals surface area contributed by atoms with Crippen LogP contribution in [0.25, 0.3) is 22.3 Å². The van der Waals surface area contributed by atoms with E-state index in [1.54, 1.807) is 14.0 Å². The van der Waals surface area contributed by atoms with E-state index in [1.807, 2.05) is 0 Å². The maximum Gasteiger partial charge on any atom is 0.276 e. The first-order chi connectivity index (χ1) is 20.0. The summed E-state index contributed by atoms with van der Waals surface area (Å²) >= 11 is 12.5. The number of phenolic OH excluding ortho intramolecular Hbond substituents is 1. The Hall–Kier alpha value is -3.44. The predicted octanol–water partition coefficient (Wildman–Crippen LogP) is 6.88. The summed E-state index contributed by atoms with van der Waals surface area (Å²) in [6, 6.07) is 3.59. The third-order valence-corrected chi connectivity index (χ3v) is 8.42. The van der Waals surface area contributed by atoms with Gasteiger partial charge < -0.3 is 5.11 Å². The fourth-order valence-electron chi connectivity index (χ4n) is 5.44. The quantitative estimate of drug-likeness (QED) is 0.247. The molecule has 42 heavy (non-hydrogen) atoms. The molecule has 4 aromatic rings. The first kappa shape index (κ1) is 30.0. The number of hydrogen-bond acceptors (Lipinski definition) is 3. The van der Waals surface area contributed by atoms with Gasteiger partial charge in [-0.25, -0.2) is 26.9 Å². The van der Waals surface area contributed by atoms with E-state index in [-0.39, 0.29) is 43.7 Å². The fourth-order valence-corrected chi connectivity index (χ4v) is 6.15. The van der Waals surface area contributed by atoms with Crippen molar-refractivity contribution in [1.82, 2.24) is 18.7 Å². The van der Waals surface area contributed by atoms with Gasteiger partial charge in [-0.3, -0.25) is 19.0 Å². The molecule has 0 amide bonds. The molecule has 0 aliphatic carbocycles. The Morgan fingerprint density at radius 3 is 1.48 bits per heavy atom. The Morgan fingerprint density at radius 2 is 1.00 bits per heavy atom. The lowest BCUT2D eigenvalue weighted by molar-refractivity contribution is 0.428. The van der Waals surface area contributed by atoms with Gasteiger partial charge in [0.2, 0.25) is 0 Å². The molecular formula is C29H28Cl2F4N4O3. The topological polar surface area (TPSA) is 74.1 Å². The molecule has 0 spiro atoms. The molecule has 2 aliphatic heterocycles. The van der Waals surface area contributed by atoms with Crippen molar-refractivity contribution in [2.75, 3.05) is 0 Å². The van der Waals surface area contributed by atoms with E-state index < -0.39 is 34.6 Å². The minimum atomic E-state index is -1.08. The van der Waals surface area contributed by atoms with Crippen molar-refractivity contribution >= 4 is 23.2 Å². The Bertz CT molecular complexity index is 1660. The molecule has 2 aromatic heterocycles. The molecule has 7 nitrogen and oxygen atoms in total. The number of aromatic nitrogens is 4. The highest BCUT2D eigenvalue weighted by molar-refractivity contribution is 6.32. The van der Waals surface area contributed by atoms with E-state index in [0.29, 0.717) is 32.2 Å². The number of aromatic hydroxyl groups is 1. The van der Waals surface area contributed by atoms with Crippen molar-refractivity contribution in [3.63, 3.8) is 0 Å².